The average Bonchev–Trinajstić information content (AvgIpc) is 3.14. The lowest BCUT2D eigenvalue weighted by Gasteiger charge is -2.39. The van der Waals surface area contributed by atoms with Gasteiger partial charge in [0.05, 0.1) is 17.2 Å². The van der Waals surface area contributed by atoms with Gasteiger partial charge in [-0.25, -0.2) is 0 Å². The van der Waals surface area contributed by atoms with Crippen molar-refractivity contribution in [1.82, 2.24) is 20.0 Å². The molecule has 0 aromatic carbocycles. The van der Waals surface area contributed by atoms with E-state index < -0.39 is 0 Å². The molecule has 6 nitrogen and oxygen atoms in total. The van der Waals surface area contributed by atoms with Gasteiger partial charge in [0.15, 0.2) is 0 Å². The zero-order valence-corrected chi connectivity index (χ0v) is 15.1. The van der Waals surface area contributed by atoms with Crippen molar-refractivity contribution < 1.29 is 9.59 Å². The summed E-state index contributed by atoms with van der Waals surface area (Å²) in [5.74, 6) is 1.05. The van der Waals surface area contributed by atoms with Crippen LogP contribution in [-0.4, -0.2) is 58.0 Å². The topological polar surface area (TPSA) is 69.3 Å². The maximum atomic E-state index is 13.1. The molecule has 2 amide bonds. The zero-order valence-electron chi connectivity index (χ0n) is 15.1. The van der Waals surface area contributed by atoms with Gasteiger partial charge in [-0.2, -0.15) is 5.10 Å². The third-order valence-electron chi connectivity index (χ3n) is 6.09. The lowest BCUT2D eigenvalue weighted by Crippen LogP contribution is -2.51. The molecule has 3 heterocycles. The van der Waals surface area contributed by atoms with Crippen LogP contribution in [0.15, 0.2) is 6.20 Å². The highest BCUT2D eigenvalue weighted by molar-refractivity contribution is 5.96. The monoisotopic (exact) mass is 344 g/mol. The molecule has 0 bridgehead atoms. The molecule has 25 heavy (non-hydrogen) atoms. The van der Waals surface area contributed by atoms with Crippen LogP contribution in [0.25, 0.3) is 0 Å². The van der Waals surface area contributed by atoms with Crippen molar-refractivity contribution in [3.8, 4) is 0 Å². The van der Waals surface area contributed by atoms with E-state index in [0.717, 1.165) is 56.8 Å². The molecular weight excluding hydrogens is 316 g/mol. The number of carbonyl (C=O) groups excluding carboxylic acids is 2. The molecule has 1 aromatic rings. The summed E-state index contributed by atoms with van der Waals surface area (Å²) >= 11 is 0. The molecule has 2 aliphatic heterocycles. The summed E-state index contributed by atoms with van der Waals surface area (Å²) in [5.41, 5.74) is 1.26. The molecule has 1 unspecified atom stereocenters. The minimum atomic E-state index is -0.336. The Morgan fingerprint density at radius 1 is 1.36 bits per heavy atom. The zero-order chi connectivity index (χ0) is 17.4. The summed E-state index contributed by atoms with van der Waals surface area (Å²) in [7, 11) is 0. The number of hydrogen-bond acceptors (Lipinski definition) is 3. The molecule has 1 aliphatic carbocycles. The summed E-state index contributed by atoms with van der Waals surface area (Å²) in [4.78, 5) is 30.0. The van der Waals surface area contributed by atoms with E-state index in [1.54, 1.807) is 6.20 Å². The number of carbonyl (C=O) groups is 2. The van der Waals surface area contributed by atoms with Crippen LogP contribution >= 0.6 is 0 Å². The summed E-state index contributed by atoms with van der Waals surface area (Å²) in [5, 5.41) is 7.01. The van der Waals surface area contributed by atoms with Gasteiger partial charge in [0.2, 0.25) is 5.91 Å². The van der Waals surface area contributed by atoms with Gasteiger partial charge >= 0.3 is 0 Å². The lowest BCUT2D eigenvalue weighted by molar-refractivity contribution is -0.145. The Kier molecular flexibility index (Phi) is 4.29. The van der Waals surface area contributed by atoms with E-state index in [0.29, 0.717) is 24.6 Å². The molecule has 2 saturated heterocycles. The van der Waals surface area contributed by atoms with Gasteiger partial charge in [0.25, 0.3) is 5.91 Å². The van der Waals surface area contributed by atoms with Gasteiger partial charge < -0.3 is 9.80 Å². The molecule has 1 spiro atoms. The van der Waals surface area contributed by atoms with Gasteiger partial charge in [0, 0.05) is 31.9 Å². The highest BCUT2D eigenvalue weighted by Gasteiger charge is 2.50. The Hall–Kier alpha value is -1.85. The first kappa shape index (κ1) is 16.6. The molecule has 1 N–H and O–H groups in total. The van der Waals surface area contributed by atoms with Crippen molar-refractivity contribution in [2.75, 3.05) is 26.2 Å². The molecule has 4 rings (SSSR count). The standard InChI is InChI=1S/C19H28N4O2/c1-2-4-16-15(11-20-21-16)17(24)23-10-8-19(13-23)7-3-9-22(18(19)25)12-14-5-6-14/h11,14H,2-10,12-13H2,1H3,(H,20,21). The van der Waals surface area contributed by atoms with Gasteiger partial charge in [0.1, 0.15) is 0 Å². The second-order valence-corrected chi connectivity index (χ2v) is 8.07. The van der Waals surface area contributed by atoms with Gasteiger partial charge in [-0.3, -0.25) is 14.7 Å². The minimum Gasteiger partial charge on any atom is -0.342 e. The van der Waals surface area contributed by atoms with Crippen molar-refractivity contribution in [1.29, 1.82) is 0 Å². The van der Waals surface area contributed by atoms with Gasteiger partial charge in [-0.1, -0.05) is 13.3 Å². The summed E-state index contributed by atoms with van der Waals surface area (Å²) < 4.78 is 0. The first-order valence-electron chi connectivity index (χ1n) is 9.74. The highest BCUT2D eigenvalue weighted by atomic mass is 16.2. The van der Waals surface area contributed by atoms with Crippen LogP contribution in [0.2, 0.25) is 0 Å². The van der Waals surface area contributed by atoms with Crippen molar-refractivity contribution >= 4 is 11.8 Å². The normalized spacial score (nSPS) is 26.7. The van der Waals surface area contributed by atoms with E-state index in [1.165, 1.54) is 12.8 Å². The largest absolute Gasteiger partial charge is 0.342 e. The number of amides is 2. The first-order valence-corrected chi connectivity index (χ1v) is 9.74. The number of rotatable bonds is 5. The van der Waals surface area contributed by atoms with E-state index in [2.05, 4.69) is 22.0 Å². The number of H-pyrrole nitrogens is 1. The van der Waals surface area contributed by atoms with Gasteiger partial charge in [-0.15, -0.1) is 0 Å². The maximum Gasteiger partial charge on any atom is 0.257 e. The molecule has 3 fully saturated rings. The molecule has 3 aliphatic rings. The number of likely N-dealkylation sites (tertiary alicyclic amines) is 2. The van der Waals surface area contributed by atoms with E-state index in [4.69, 9.17) is 0 Å². The fourth-order valence-corrected chi connectivity index (χ4v) is 4.47. The number of hydrogen-bond donors (Lipinski definition) is 1. The number of nitrogens with one attached hydrogen (secondary N) is 1. The predicted octanol–water partition coefficient (Wildman–Crippen LogP) is 2.23. The third kappa shape index (κ3) is 3.07. The summed E-state index contributed by atoms with van der Waals surface area (Å²) in [6.07, 6.45) is 8.76. The van der Waals surface area contributed by atoms with Crippen LogP contribution in [0.4, 0.5) is 0 Å². The summed E-state index contributed by atoms with van der Waals surface area (Å²) in [6.45, 7) is 5.17. The Labute approximate surface area is 148 Å². The first-order chi connectivity index (χ1) is 12.1. The van der Waals surface area contributed by atoms with Crippen molar-refractivity contribution in [3.63, 3.8) is 0 Å². The summed E-state index contributed by atoms with van der Waals surface area (Å²) in [6, 6.07) is 0. The Bertz CT molecular complexity index is 666. The Morgan fingerprint density at radius 2 is 2.20 bits per heavy atom. The van der Waals surface area contributed by atoms with Crippen LogP contribution in [-0.2, 0) is 11.2 Å². The molecule has 136 valence electrons. The third-order valence-corrected chi connectivity index (χ3v) is 6.09. The fraction of sp³-hybridized carbons (Fsp3) is 0.737. The Balaban J connectivity index is 1.47. The molecule has 6 heteroatoms. The minimum absolute atomic E-state index is 0.0289. The SMILES string of the molecule is CCCc1[nH]ncc1C(=O)N1CCC2(CCCN(CC3CC3)C2=O)C1. The predicted molar refractivity (Wildman–Crippen MR) is 94.1 cm³/mol. The molecular formula is C19H28N4O2. The smallest absolute Gasteiger partial charge is 0.257 e. The molecule has 0 radical (unpaired) electrons. The molecule has 1 saturated carbocycles. The van der Waals surface area contributed by atoms with E-state index in [-0.39, 0.29) is 11.3 Å². The van der Waals surface area contributed by atoms with Gasteiger partial charge in [-0.05, 0) is 44.4 Å². The van der Waals surface area contributed by atoms with E-state index in [9.17, 15) is 9.59 Å². The number of aryl methyl sites for hydroxylation is 1. The second kappa shape index (κ2) is 6.46. The highest BCUT2D eigenvalue weighted by Crippen LogP contribution is 2.42. The van der Waals surface area contributed by atoms with Crippen molar-refractivity contribution in [2.24, 2.45) is 11.3 Å². The number of aromatic nitrogens is 2. The number of piperidine rings is 1. The van der Waals surface area contributed by atoms with Crippen LogP contribution in [0.1, 0.15) is 61.5 Å². The fourth-order valence-electron chi connectivity index (χ4n) is 4.47. The quantitative estimate of drug-likeness (QED) is 0.890. The van der Waals surface area contributed by atoms with Crippen LogP contribution < -0.4 is 0 Å². The Morgan fingerprint density at radius 3 is 2.96 bits per heavy atom. The van der Waals surface area contributed by atoms with E-state index >= 15 is 0 Å². The van der Waals surface area contributed by atoms with Crippen molar-refractivity contribution in [3.05, 3.63) is 17.5 Å². The van der Waals surface area contributed by atoms with E-state index in [1.807, 2.05) is 4.90 Å². The average molecular weight is 344 g/mol. The van der Waals surface area contributed by atoms with Crippen LogP contribution in [0.3, 0.4) is 0 Å². The number of aromatic amines is 1. The van der Waals surface area contributed by atoms with Crippen LogP contribution in [0.5, 0.6) is 0 Å². The molecule has 1 atom stereocenters. The molecule has 1 aromatic heterocycles. The lowest BCUT2D eigenvalue weighted by atomic mass is 9.78. The number of nitrogens with zero attached hydrogens (tertiary/aromatic N) is 3. The second-order valence-electron chi connectivity index (χ2n) is 8.07. The van der Waals surface area contributed by atoms with Crippen molar-refractivity contribution in [2.45, 2.75) is 51.9 Å². The van der Waals surface area contributed by atoms with Crippen LogP contribution in [0, 0.1) is 11.3 Å². The maximum absolute atomic E-state index is 13.1.